The summed E-state index contributed by atoms with van der Waals surface area (Å²) < 4.78 is 0. The predicted molar refractivity (Wildman–Crippen MR) is 120 cm³/mol. The summed E-state index contributed by atoms with van der Waals surface area (Å²) in [5.74, 6) is 2.57. The average Bonchev–Trinajstić information content (AvgIpc) is 2.59. The number of nitrogens with zero attached hydrogens (tertiary/aromatic N) is 1. The quantitative estimate of drug-likeness (QED) is 0.668. The van der Waals surface area contributed by atoms with E-state index in [1.165, 1.54) is 38.5 Å². The summed E-state index contributed by atoms with van der Waals surface area (Å²) in [7, 11) is 3.88. The molecule has 0 aliphatic heterocycles. The molecule has 4 saturated carbocycles. The standard InChI is InChI=1S/C23H33ClN2O2.ClH/c1-26(2)13-19(27)8-15-3-4-21(24)20(9-15)22(28)25-14-23-10-16-5-17(11-23)7-18(6-16)12-23;/h3-4,9,16-19,27H,5-8,10-14H2,1-2H3,(H,25,28);1H/t16?,17?,18?,19-,23?;/m1./s1. The molecule has 1 atom stereocenters. The van der Waals surface area contributed by atoms with Crippen molar-refractivity contribution in [3.63, 3.8) is 0 Å². The van der Waals surface area contributed by atoms with Gasteiger partial charge in [-0.05, 0) is 99.9 Å². The lowest BCUT2D eigenvalue weighted by Crippen LogP contribution is -2.51. The van der Waals surface area contributed by atoms with Crippen LogP contribution in [0.2, 0.25) is 5.02 Å². The maximum atomic E-state index is 12.9. The summed E-state index contributed by atoms with van der Waals surface area (Å²) in [6.45, 7) is 1.37. The average molecular weight is 441 g/mol. The molecule has 0 spiro atoms. The maximum Gasteiger partial charge on any atom is 0.252 e. The van der Waals surface area contributed by atoms with Crippen molar-refractivity contribution >= 4 is 29.9 Å². The van der Waals surface area contributed by atoms with Gasteiger partial charge in [0, 0.05) is 13.1 Å². The summed E-state index contributed by atoms with van der Waals surface area (Å²) in [6.07, 6.45) is 8.14. The fraction of sp³-hybridized carbons (Fsp3) is 0.696. The number of rotatable bonds is 7. The van der Waals surface area contributed by atoms with Crippen molar-refractivity contribution in [3.05, 3.63) is 34.3 Å². The van der Waals surface area contributed by atoms with Crippen molar-refractivity contribution in [2.75, 3.05) is 27.2 Å². The van der Waals surface area contributed by atoms with Crippen LogP contribution in [0, 0.1) is 23.2 Å². The number of halogens is 2. The van der Waals surface area contributed by atoms with Gasteiger partial charge in [0.15, 0.2) is 0 Å². The molecule has 6 heteroatoms. The van der Waals surface area contributed by atoms with Crippen LogP contribution < -0.4 is 5.32 Å². The highest BCUT2D eigenvalue weighted by atomic mass is 35.5. The normalized spacial score (nSPS) is 30.9. The molecule has 1 amide bonds. The highest BCUT2D eigenvalue weighted by Gasteiger charge is 2.50. The zero-order valence-corrected chi connectivity index (χ0v) is 19.1. The van der Waals surface area contributed by atoms with E-state index in [4.69, 9.17) is 11.6 Å². The van der Waals surface area contributed by atoms with Crippen molar-refractivity contribution in [2.45, 2.75) is 51.0 Å². The number of likely N-dealkylation sites (N-methyl/N-ethyl adjacent to an activating group) is 1. The second-order valence-electron chi connectivity index (χ2n) is 10.0. The van der Waals surface area contributed by atoms with Crippen molar-refractivity contribution in [1.82, 2.24) is 10.2 Å². The van der Waals surface area contributed by atoms with Crippen LogP contribution in [0.1, 0.15) is 54.4 Å². The van der Waals surface area contributed by atoms with Crippen LogP contribution in [0.5, 0.6) is 0 Å². The summed E-state index contributed by atoms with van der Waals surface area (Å²) in [6, 6.07) is 5.52. The molecule has 4 aliphatic rings. The number of hydrogen-bond acceptors (Lipinski definition) is 3. The topological polar surface area (TPSA) is 52.6 Å². The lowest BCUT2D eigenvalue weighted by atomic mass is 9.49. The third-order valence-electron chi connectivity index (χ3n) is 7.11. The Morgan fingerprint density at radius 3 is 2.34 bits per heavy atom. The molecule has 162 valence electrons. The van der Waals surface area contributed by atoms with E-state index in [2.05, 4.69) is 5.32 Å². The lowest BCUT2D eigenvalue weighted by molar-refractivity contribution is -0.0503. The first-order valence-electron chi connectivity index (χ1n) is 10.7. The minimum absolute atomic E-state index is 0. The fourth-order valence-corrected chi connectivity index (χ4v) is 6.70. The second kappa shape index (κ2) is 9.13. The first-order valence-corrected chi connectivity index (χ1v) is 11.1. The SMILES string of the molecule is CN(C)C[C@H](O)Cc1ccc(Cl)c(C(=O)NCC23CC4CC(CC(C4)C2)C3)c1.Cl. The van der Waals surface area contributed by atoms with Crippen LogP contribution in [0.25, 0.3) is 0 Å². The van der Waals surface area contributed by atoms with Gasteiger partial charge < -0.3 is 15.3 Å². The Bertz CT molecular complexity index is 702. The summed E-state index contributed by atoms with van der Waals surface area (Å²) in [5.41, 5.74) is 1.79. The minimum atomic E-state index is -0.459. The Labute approximate surface area is 185 Å². The van der Waals surface area contributed by atoms with Gasteiger partial charge in [0.1, 0.15) is 0 Å². The third-order valence-corrected chi connectivity index (χ3v) is 7.44. The lowest BCUT2D eigenvalue weighted by Gasteiger charge is -2.56. The number of hydrogen-bond donors (Lipinski definition) is 2. The highest BCUT2D eigenvalue weighted by Crippen LogP contribution is 2.59. The number of aliphatic hydroxyl groups excluding tert-OH is 1. The molecule has 0 aromatic heterocycles. The van der Waals surface area contributed by atoms with Gasteiger partial charge in [-0.2, -0.15) is 0 Å². The van der Waals surface area contributed by atoms with Gasteiger partial charge in [0.25, 0.3) is 5.91 Å². The number of carbonyl (C=O) groups excluding carboxylic acids is 1. The maximum absolute atomic E-state index is 12.9. The number of amides is 1. The van der Waals surface area contributed by atoms with E-state index in [0.29, 0.717) is 29.0 Å². The van der Waals surface area contributed by atoms with E-state index < -0.39 is 6.10 Å². The van der Waals surface area contributed by atoms with Crippen molar-refractivity contribution in [2.24, 2.45) is 23.2 Å². The molecule has 0 saturated heterocycles. The van der Waals surface area contributed by atoms with Crippen molar-refractivity contribution in [3.8, 4) is 0 Å². The number of aliphatic hydroxyl groups is 1. The van der Waals surface area contributed by atoms with Crippen LogP contribution in [0.4, 0.5) is 0 Å². The Morgan fingerprint density at radius 2 is 1.79 bits per heavy atom. The van der Waals surface area contributed by atoms with E-state index in [1.807, 2.05) is 31.1 Å². The molecule has 0 radical (unpaired) electrons. The van der Waals surface area contributed by atoms with E-state index in [1.54, 1.807) is 6.07 Å². The zero-order chi connectivity index (χ0) is 19.9. The highest BCUT2D eigenvalue weighted by molar-refractivity contribution is 6.33. The zero-order valence-electron chi connectivity index (χ0n) is 17.5. The van der Waals surface area contributed by atoms with E-state index in [9.17, 15) is 9.90 Å². The summed E-state index contributed by atoms with van der Waals surface area (Å²) in [5, 5.41) is 13.9. The van der Waals surface area contributed by atoms with Gasteiger partial charge >= 0.3 is 0 Å². The molecule has 1 aromatic rings. The molecule has 0 heterocycles. The molecule has 4 fully saturated rings. The Morgan fingerprint density at radius 1 is 1.21 bits per heavy atom. The number of nitrogens with one attached hydrogen (secondary N) is 1. The molecule has 1 aromatic carbocycles. The Kier molecular flexibility index (Phi) is 7.20. The molecule has 4 nitrogen and oxygen atoms in total. The van der Waals surface area contributed by atoms with Crippen molar-refractivity contribution in [1.29, 1.82) is 0 Å². The monoisotopic (exact) mass is 440 g/mol. The molecule has 4 bridgehead atoms. The Hall–Kier alpha value is -0.810. The van der Waals surface area contributed by atoms with Crippen LogP contribution in [-0.2, 0) is 6.42 Å². The van der Waals surface area contributed by atoms with E-state index >= 15 is 0 Å². The van der Waals surface area contributed by atoms with Gasteiger partial charge in [-0.3, -0.25) is 4.79 Å². The first-order chi connectivity index (χ1) is 13.3. The van der Waals surface area contributed by atoms with Crippen LogP contribution in [-0.4, -0.2) is 49.2 Å². The summed E-state index contributed by atoms with van der Waals surface area (Å²) >= 11 is 6.34. The van der Waals surface area contributed by atoms with Gasteiger partial charge in [-0.1, -0.05) is 17.7 Å². The fourth-order valence-electron chi connectivity index (χ4n) is 6.50. The Balaban J connectivity index is 0.00000240. The molecular formula is C23H34Cl2N2O2. The van der Waals surface area contributed by atoms with E-state index in [0.717, 1.165) is 29.9 Å². The van der Waals surface area contributed by atoms with Gasteiger partial charge in [0.05, 0.1) is 16.7 Å². The van der Waals surface area contributed by atoms with Crippen LogP contribution >= 0.6 is 24.0 Å². The van der Waals surface area contributed by atoms with Crippen LogP contribution in [0.15, 0.2) is 18.2 Å². The third kappa shape index (κ3) is 5.28. The van der Waals surface area contributed by atoms with Crippen LogP contribution in [0.3, 0.4) is 0 Å². The second-order valence-corrected chi connectivity index (χ2v) is 10.4. The molecule has 0 unspecified atom stereocenters. The smallest absolute Gasteiger partial charge is 0.252 e. The molecule has 29 heavy (non-hydrogen) atoms. The van der Waals surface area contributed by atoms with Gasteiger partial charge in [-0.15, -0.1) is 12.4 Å². The van der Waals surface area contributed by atoms with Crippen molar-refractivity contribution < 1.29 is 9.90 Å². The number of benzene rings is 1. The van der Waals surface area contributed by atoms with Gasteiger partial charge in [0.2, 0.25) is 0 Å². The van der Waals surface area contributed by atoms with Gasteiger partial charge in [-0.25, -0.2) is 0 Å². The molecular weight excluding hydrogens is 407 g/mol. The van der Waals surface area contributed by atoms with E-state index in [-0.39, 0.29) is 18.3 Å². The molecule has 4 aliphatic carbocycles. The molecule has 5 rings (SSSR count). The minimum Gasteiger partial charge on any atom is -0.391 e. The largest absolute Gasteiger partial charge is 0.391 e. The molecule has 2 N–H and O–H groups in total. The first kappa shape index (κ1) is 22.9. The summed E-state index contributed by atoms with van der Waals surface area (Å²) in [4.78, 5) is 14.9. The number of carbonyl (C=O) groups is 1. The predicted octanol–water partition coefficient (Wildman–Crippen LogP) is 4.17.